The molecule has 1 atom stereocenters. The zero-order chi connectivity index (χ0) is 22.6. The number of aromatic nitrogens is 2. The monoisotopic (exact) mass is 460 g/mol. The lowest BCUT2D eigenvalue weighted by molar-refractivity contribution is 0.137. The van der Waals surface area contributed by atoms with Gasteiger partial charge in [0.15, 0.2) is 0 Å². The number of benzene rings is 1. The fraction of sp³-hybridized carbons (Fsp3) is 0.625. The Morgan fingerprint density at radius 2 is 1.81 bits per heavy atom. The zero-order valence-electron chi connectivity index (χ0n) is 19.4. The maximum atomic E-state index is 13.4. The van der Waals surface area contributed by atoms with Gasteiger partial charge in [0.25, 0.3) is 0 Å². The number of aryl methyl sites for hydroxylation is 3. The highest BCUT2D eigenvalue weighted by molar-refractivity contribution is 7.89. The minimum Gasteiger partial charge on any atom is -0.492 e. The van der Waals surface area contributed by atoms with Crippen molar-refractivity contribution in [3.8, 4) is 5.75 Å². The Labute approximate surface area is 192 Å². The lowest BCUT2D eigenvalue weighted by atomic mass is 9.95. The van der Waals surface area contributed by atoms with Crippen molar-refractivity contribution >= 4 is 10.0 Å². The van der Waals surface area contributed by atoms with Crippen molar-refractivity contribution in [2.45, 2.75) is 62.8 Å². The van der Waals surface area contributed by atoms with Crippen LogP contribution in [0.4, 0.5) is 0 Å². The number of rotatable bonds is 2. The number of sulfonamides is 1. The molecule has 1 fully saturated rings. The van der Waals surface area contributed by atoms with Crippen molar-refractivity contribution < 1.29 is 13.2 Å². The minimum absolute atomic E-state index is 0.288. The normalized spacial score (nSPS) is 22.4. The van der Waals surface area contributed by atoms with Gasteiger partial charge in [0.1, 0.15) is 17.3 Å². The van der Waals surface area contributed by atoms with Crippen LogP contribution in [0.15, 0.2) is 35.4 Å². The van der Waals surface area contributed by atoms with Crippen molar-refractivity contribution in [3.05, 3.63) is 41.7 Å². The third-order valence-electron chi connectivity index (χ3n) is 6.71. The quantitative estimate of drug-likeness (QED) is 0.687. The van der Waals surface area contributed by atoms with Crippen LogP contribution in [0, 0.1) is 6.92 Å². The summed E-state index contributed by atoms with van der Waals surface area (Å²) in [7, 11) is -1.87. The topological polar surface area (TPSA) is 67.7 Å². The summed E-state index contributed by atoms with van der Waals surface area (Å²) in [6.07, 6.45) is 9.50. The first-order valence-electron chi connectivity index (χ1n) is 11.9. The molecule has 0 spiro atoms. The highest BCUT2D eigenvalue weighted by atomic mass is 32.2. The van der Waals surface area contributed by atoms with E-state index < -0.39 is 10.0 Å². The second kappa shape index (κ2) is 10.4. The summed E-state index contributed by atoms with van der Waals surface area (Å²) in [6, 6.07) is 8.89. The average Bonchev–Trinajstić information content (AvgIpc) is 3.13. The van der Waals surface area contributed by atoms with Gasteiger partial charge in [-0.3, -0.25) is 4.68 Å². The van der Waals surface area contributed by atoms with Crippen molar-refractivity contribution in [2.75, 3.05) is 32.8 Å². The van der Waals surface area contributed by atoms with Crippen molar-refractivity contribution in [1.82, 2.24) is 19.0 Å². The van der Waals surface area contributed by atoms with E-state index in [9.17, 15) is 8.42 Å². The van der Waals surface area contributed by atoms with Crippen molar-refractivity contribution in [3.63, 3.8) is 0 Å². The predicted octanol–water partition coefficient (Wildman–Crippen LogP) is 3.38. The van der Waals surface area contributed by atoms with Gasteiger partial charge < -0.3 is 9.64 Å². The summed E-state index contributed by atoms with van der Waals surface area (Å²) < 4.78 is 36.0. The van der Waals surface area contributed by atoms with Gasteiger partial charge in [-0.1, -0.05) is 18.6 Å². The molecule has 0 aliphatic carbocycles. The van der Waals surface area contributed by atoms with E-state index in [4.69, 9.17) is 4.74 Å². The van der Waals surface area contributed by atoms with Gasteiger partial charge in [-0.25, -0.2) is 8.42 Å². The highest BCUT2D eigenvalue weighted by Gasteiger charge is 2.28. The number of nitrogens with zero attached hydrogens (tertiary/aromatic N) is 4. The second-order valence-corrected chi connectivity index (χ2v) is 11.0. The molecule has 7 nitrogen and oxygen atoms in total. The summed E-state index contributed by atoms with van der Waals surface area (Å²) in [4.78, 5) is 2.92. The van der Waals surface area contributed by atoms with Gasteiger partial charge in [0, 0.05) is 32.4 Å². The fourth-order valence-electron chi connectivity index (χ4n) is 5.00. The van der Waals surface area contributed by atoms with Gasteiger partial charge in [-0.2, -0.15) is 9.40 Å². The second-order valence-electron chi connectivity index (χ2n) is 9.08. The molecule has 8 heteroatoms. The van der Waals surface area contributed by atoms with Gasteiger partial charge in [-0.15, -0.1) is 0 Å². The molecule has 0 N–H and O–H groups in total. The van der Waals surface area contributed by atoms with Crippen LogP contribution in [0.25, 0.3) is 0 Å². The van der Waals surface area contributed by atoms with E-state index >= 15 is 0 Å². The summed E-state index contributed by atoms with van der Waals surface area (Å²) >= 11 is 0. The standard InChI is InChI=1S/C24H36N4O3S/c1-20-24(19-26(2)25-20)32(29,30)28-15-6-5-14-27-13-4-3-9-22(27)12-11-21-8-7-10-23(18-21)31-17-16-28/h7-8,10,18-19,22H,3-6,9,11-17H2,1-2H3. The smallest absolute Gasteiger partial charge is 0.246 e. The molecule has 0 radical (unpaired) electrons. The predicted molar refractivity (Wildman–Crippen MR) is 125 cm³/mol. The number of hydrogen-bond acceptors (Lipinski definition) is 5. The molecule has 2 bridgehead atoms. The Morgan fingerprint density at radius 1 is 1.03 bits per heavy atom. The third-order valence-corrected chi connectivity index (χ3v) is 8.71. The highest BCUT2D eigenvalue weighted by Crippen LogP contribution is 2.24. The van der Waals surface area contributed by atoms with Crippen LogP contribution in [0.1, 0.15) is 49.8 Å². The lowest BCUT2D eigenvalue weighted by Crippen LogP contribution is -2.40. The fourth-order valence-corrected chi connectivity index (χ4v) is 6.66. The van der Waals surface area contributed by atoms with Gasteiger partial charge in [-0.05, 0) is 76.2 Å². The summed E-state index contributed by atoms with van der Waals surface area (Å²) in [5.41, 5.74) is 1.83. The minimum atomic E-state index is -3.62. The molecule has 176 valence electrons. The van der Waals surface area contributed by atoms with Crippen LogP contribution < -0.4 is 4.74 Å². The Morgan fingerprint density at radius 3 is 2.59 bits per heavy atom. The van der Waals surface area contributed by atoms with E-state index in [1.807, 2.05) is 12.1 Å². The summed E-state index contributed by atoms with van der Waals surface area (Å²) in [5.74, 6) is 0.813. The van der Waals surface area contributed by atoms with Crippen LogP contribution in [0.3, 0.4) is 0 Å². The van der Waals surface area contributed by atoms with Crippen LogP contribution in [0.5, 0.6) is 5.75 Å². The lowest BCUT2D eigenvalue weighted by Gasteiger charge is -2.36. The number of ether oxygens (including phenoxy) is 1. The molecule has 4 rings (SSSR count). The molecule has 1 aromatic heterocycles. The molecule has 0 saturated carbocycles. The maximum Gasteiger partial charge on any atom is 0.246 e. The maximum absolute atomic E-state index is 13.4. The number of fused-ring (bicyclic) bond motifs is 3. The first-order chi connectivity index (χ1) is 15.4. The zero-order valence-corrected chi connectivity index (χ0v) is 20.2. The first kappa shape index (κ1) is 23.3. The third kappa shape index (κ3) is 5.53. The Bertz CT molecular complexity index is 1000. The number of hydrogen-bond donors (Lipinski definition) is 0. The number of piperidine rings is 1. The van der Waals surface area contributed by atoms with E-state index in [-0.39, 0.29) is 4.90 Å². The van der Waals surface area contributed by atoms with E-state index in [1.165, 1.54) is 31.2 Å². The van der Waals surface area contributed by atoms with E-state index in [0.717, 1.165) is 38.1 Å². The van der Waals surface area contributed by atoms with E-state index in [0.29, 0.717) is 31.4 Å². The van der Waals surface area contributed by atoms with Gasteiger partial charge >= 0.3 is 0 Å². The van der Waals surface area contributed by atoms with Gasteiger partial charge in [0.2, 0.25) is 10.0 Å². The molecule has 0 amide bonds. The largest absolute Gasteiger partial charge is 0.492 e. The van der Waals surface area contributed by atoms with Crippen molar-refractivity contribution in [1.29, 1.82) is 0 Å². The molecule has 2 aliphatic rings. The molecule has 1 aromatic carbocycles. The Balaban J connectivity index is 1.54. The van der Waals surface area contributed by atoms with Crippen LogP contribution in [-0.2, 0) is 23.5 Å². The molecule has 2 aliphatic heterocycles. The average molecular weight is 461 g/mol. The molecule has 1 saturated heterocycles. The Hall–Kier alpha value is -1.90. The van der Waals surface area contributed by atoms with Crippen LogP contribution in [-0.4, -0.2) is 66.2 Å². The van der Waals surface area contributed by atoms with Gasteiger partial charge in [0.05, 0.1) is 5.69 Å². The van der Waals surface area contributed by atoms with Crippen LogP contribution >= 0.6 is 0 Å². The van der Waals surface area contributed by atoms with E-state index in [1.54, 1.807) is 29.2 Å². The summed E-state index contributed by atoms with van der Waals surface area (Å²) in [5, 5.41) is 4.24. The SMILES string of the molecule is Cc1nn(C)cc1S(=O)(=O)N1CCCCN2CCCCC2CCc2cccc(c2)OCC1. The first-order valence-corrected chi connectivity index (χ1v) is 13.3. The Kier molecular flexibility index (Phi) is 7.53. The summed E-state index contributed by atoms with van der Waals surface area (Å²) in [6.45, 7) is 5.10. The van der Waals surface area contributed by atoms with Crippen LogP contribution in [0.2, 0.25) is 0 Å². The van der Waals surface area contributed by atoms with E-state index in [2.05, 4.69) is 22.1 Å². The molecule has 32 heavy (non-hydrogen) atoms. The molecular formula is C24H36N4O3S. The molecule has 1 unspecified atom stereocenters. The van der Waals surface area contributed by atoms with Crippen molar-refractivity contribution in [2.24, 2.45) is 7.05 Å². The molecule has 2 aromatic rings. The molecular weight excluding hydrogens is 424 g/mol. The molecule has 3 heterocycles.